The smallest absolute Gasteiger partial charge is 0.224 e. The van der Waals surface area contributed by atoms with Gasteiger partial charge in [0.15, 0.2) is 0 Å². The van der Waals surface area contributed by atoms with Crippen LogP contribution in [0.2, 0.25) is 0 Å². The fraction of sp³-hybridized carbons (Fsp3) is 0.588. The monoisotopic (exact) mass is 322 g/mol. The van der Waals surface area contributed by atoms with Crippen molar-refractivity contribution in [2.24, 2.45) is 5.92 Å². The second-order valence-corrected chi connectivity index (χ2v) is 7.43. The van der Waals surface area contributed by atoms with Gasteiger partial charge in [0.2, 0.25) is 5.91 Å². The number of rotatable bonds is 3. The number of hydrogen-bond donors (Lipinski definition) is 1. The number of hydrogen-bond acceptors (Lipinski definition) is 3. The summed E-state index contributed by atoms with van der Waals surface area (Å²) in [6, 6.07) is 6.98. The highest BCUT2D eigenvalue weighted by Crippen LogP contribution is 2.37. The lowest BCUT2D eigenvalue weighted by Gasteiger charge is -2.30. The lowest BCUT2D eigenvalue weighted by molar-refractivity contribution is -0.132. The molecule has 1 aromatic carbocycles. The molecule has 3 unspecified atom stereocenters. The van der Waals surface area contributed by atoms with Crippen LogP contribution in [0.25, 0.3) is 0 Å². The number of likely N-dealkylation sites (tertiary alicyclic amines) is 1. The molecule has 0 radical (unpaired) electrons. The Labute approximate surface area is 135 Å². The summed E-state index contributed by atoms with van der Waals surface area (Å²) in [5.41, 5.74) is 0.921. The highest BCUT2D eigenvalue weighted by atomic mass is 32.2. The highest BCUT2D eigenvalue weighted by Gasteiger charge is 2.36. The van der Waals surface area contributed by atoms with Crippen molar-refractivity contribution in [1.29, 1.82) is 0 Å². The predicted molar refractivity (Wildman–Crippen MR) is 88.4 cm³/mol. The van der Waals surface area contributed by atoms with E-state index in [9.17, 15) is 9.18 Å². The van der Waals surface area contributed by atoms with Crippen molar-refractivity contribution in [3.05, 3.63) is 35.6 Å². The van der Waals surface area contributed by atoms with E-state index in [2.05, 4.69) is 12.2 Å². The Balaban J connectivity index is 1.72. The van der Waals surface area contributed by atoms with Crippen LogP contribution in [0.3, 0.4) is 0 Å². The van der Waals surface area contributed by atoms with Gasteiger partial charge in [0, 0.05) is 37.1 Å². The summed E-state index contributed by atoms with van der Waals surface area (Å²) in [6.07, 6.45) is 1.53. The lowest BCUT2D eigenvalue weighted by atomic mass is 9.95. The van der Waals surface area contributed by atoms with E-state index in [1.165, 1.54) is 6.07 Å². The number of halogens is 1. The van der Waals surface area contributed by atoms with E-state index in [-0.39, 0.29) is 23.8 Å². The van der Waals surface area contributed by atoms with Gasteiger partial charge in [0.1, 0.15) is 5.82 Å². The molecule has 2 aliphatic heterocycles. The Kier molecular flexibility index (Phi) is 5.03. The van der Waals surface area contributed by atoms with E-state index in [0.717, 1.165) is 36.6 Å². The molecule has 2 aliphatic rings. The van der Waals surface area contributed by atoms with Gasteiger partial charge in [-0.25, -0.2) is 4.39 Å². The Morgan fingerprint density at radius 1 is 1.50 bits per heavy atom. The zero-order valence-electron chi connectivity index (χ0n) is 12.9. The van der Waals surface area contributed by atoms with Crippen molar-refractivity contribution in [2.45, 2.75) is 31.8 Å². The van der Waals surface area contributed by atoms with Crippen LogP contribution in [0.5, 0.6) is 0 Å². The number of thioether (sulfide) groups is 1. The second kappa shape index (κ2) is 7.01. The predicted octanol–water partition coefficient (Wildman–Crippen LogP) is 2.83. The van der Waals surface area contributed by atoms with Crippen LogP contribution >= 0.6 is 11.8 Å². The Hall–Kier alpha value is -1.07. The average Bonchev–Trinajstić information content (AvgIpc) is 2.90. The molecule has 120 valence electrons. The molecule has 0 spiro atoms. The molecule has 0 aromatic heterocycles. The summed E-state index contributed by atoms with van der Waals surface area (Å²) < 4.78 is 13.5. The molecule has 1 amide bonds. The third-order valence-electron chi connectivity index (χ3n) is 4.63. The largest absolute Gasteiger partial charge is 0.335 e. The zero-order valence-corrected chi connectivity index (χ0v) is 13.7. The third-order valence-corrected chi connectivity index (χ3v) is 5.76. The van der Waals surface area contributed by atoms with Gasteiger partial charge in [0.05, 0.1) is 6.04 Å². The van der Waals surface area contributed by atoms with Crippen molar-refractivity contribution in [3.63, 3.8) is 0 Å². The Morgan fingerprint density at radius 2 is 2.36 bits per heavy atom. The molecular formula is C17H23FN2OS. The number of benzene rings is 1. The maximum Gasteiger partial charge on any atom is 0.224 e. The SMILES string of the molecule is CC1CCN(C(=O)CC2CSCCN2)C1c1cccc(F)c1. The molecule has 3 atom stereocenters. The summed E-state index contributed by atoms with van der Waals surface area (Å²) in [6.45, 7) is 3.91. The molecule has 0 bridgehead atoms. The molecule has 22 heavy (non-hydrogen) atoms. The van der Waals surface area contributed by atoms with E-state index in [0.29, 0.717) is 12.3 Å². The van der Waals surface area contributed by atoms with Crippen molar-refractivity contribution in [3.8, 4) is 0 Å². The van der Waals surface area contributed by atoms with Gasteiger partial charge in [-0.1, -0.05) is 19.1 Å². The van der Waals surface area contributed by atoms with Gasteiger partial charge < -0.3 is 10.2 Å². The first-order valence-corrected chi connectivity index (χ1v) is 9.16. The summed E-state index contributed by atoms with van der Waals surface area (Å²) in [4.78, 5) is 14.7. The van der Waals surface area contributed by atoms with Crippen molar-refractivity contribution in [2.75, 3.05) is 24.6 Å². The van der Waals surface area contributed by atoms with Gasteiger partial charge in [-0.3, -0.25) is 4.79 Å². The Bertz CT molecular complexity index is 533. The highest BCUT2D eigenvalue weighted by molar-refractivity contribution is 7.99. The van der Waals surface area contributed by atoms with E-state index < -0.39 is 0 Å². The minimum atomic E-state index is -0.227. The van der Waals surface area contributed by atoms with Gasteiger partial charge in [0.25, 0.3) is 0 Å². The standard InChI is InChI=1S/C17H23FN2OS/c1-12-5-7-20(16(21)10-15-11-22-8-6-19-15)17(12)13-3-2-4-14(18)9-13/h2-4,9,12,15,17,19H,5-8,10-11H2,1H3. The summed E-state index contributed by atoms with van der Waals surface area (Å²) in [7, 11) is 0. The van der Waals surface area contributed by atoms with Crippen molar-refractivity contribution >= 4 is 17.7 Å². The van der Waals surface area contributed by atoms with Crippen LogP contribution in [-0.2, 0) is 4.79 Å². The first-order valence-electron chi connectivity index (χ1n) is 8.01. The Morgan fingerprint density at radius 3 is 3.09 bits per heavy atom. The van der Waals surface area contributed by atoms with Crippen LogP contribution in [0.15, 0.2) is 24.3 Å². The fourth-order valence-corrected chi connectivity index (χ4v) is 4.45. The molecule has 2 saturated heterocycles. The molecule has 1 aromatic rings. The molecule has 2 fully saturated rings. The van der Waals surface area contributed by atoms with E-state index >= 15 is 0 Å². The lowest BCUT2D eigenvalue weighted by Crippen LogP contribution is -2.42. The minimum absolute atomic E-state index is 0.0134. The number of carbonyl (C=O) groups excluding carboxylic acids is 1. The van der Waals surface area contributed by atoms with E-state index in [1.807, 2.05) is 22.7 Å². The first kappa shape index (κ1) is 15.8. The second-order valence-electron chi connectivity index (χ2n) is 6.28. The van der Waals surface area contributed by atoms with Crippen LogP contribution in [0, 0.1) is 11.7 Å². The molecule has 0 saturated carbocycles. The molecule has 5 heteroatoms. The molecule has 2 heterocycles. The van der Waals surface area contributed by atoms with Crippen LogP contribution in [-0.4, -0.2) is 41.4 Å². The van der Waals surface area contributed by atoms with Crippen molar-refractivity contribution < 1.29 is 9.18 Å². The van der Waals surface area contributed by atoms with Crippen molar-refractivity contribution in [1.82, 2.24) is 10.2 Å². The average molecular weight is 322 g/mol. The summed E-state index contributed by atoms with van der Waals surface area (Å²) in [5, 5.41) is 3.42. The zero-order chi connectivity index (χ0) is 15.5. The summed E-state index contributed by atoms with van der Waals surface area (Å²) >= 11 is 1.90. The van der Waals surface area contributed by atoms with Gasteiger partial charge in [-0.2, -0.15) is 11.8 Å². The summed E-state index contributed by atoms with van der Waals surface area (Å²) in [5.74, 6) is 2.46. The van der Waals surface area contributed by atoms with Crippen LogP contribution in [0.4, 0.5) is 4.39 Å². The van der Waals surface area contributed by atoms with E-state index in [4.69, 9.17) is 0 Å². The maximum atomic E-state index is 13.5. The molecule has 3 nitrogen and oxygen atoms in total. The number of nitrogens with one attached hydrogen (secondary N) is 1. The van der Waals surface area contributed by atoms with E-state index in [1.54, 1.807) is 12.1 Å². The van der Waals surface area contributed by atoms with Gasteiger partial charge in [-0.15, -0.1) is 0 Å². The topological polar surface area (TPSA) is 32.3 Å². The van der Waals surface area contributed by atoms with Crippen LogP contribution in [0.1, 0.15) is 31.4 Å². The molecule has 3 rings (SSSR count). The quantitative estimate of drug-likeness (QED) is 0.929. The van der Waals surface area contributed by atoms with Gasteiger partial charge in [-0.05, 0) is 30.0 Å². The van der Waals surface area contributed by atoms with Crippen LogP contribution < -0.4 is 5.32 Å². The van der Waals surface area contributed by atoms with Gasteiger partial charge >= 0.3 is 0 Å². The normalized spacial score (nSPS) is 28.8. The number of nitrogens with zero attached hydrogens (tertiary/aromatic N) is 1. The third kappa shape index (κ3) is 3.46. The first-order chi connectivity index (χ1) is 10.6. The molecular weight excluding hydrogens is 299 g/mol. The number of amides is 1. The maximum absolute atomic E-state index is 13.5. The molecule has 1 N–H and O–H groups in total. The number of carbonyl (C=O) groups is 1. The fourth-order valence-electron chi connectivity index (χ4n) is 3.50. The molecule has 0 aliphatic carbocycles. The minimum Gasteiger partial charge on any atom is -0.335 e.